The highest BCUT2D eigenvalue weighted by molar-refractivity contribution is 5.18. The first-order chi connectivity index (χ1) is 8.72. The number of rotatable bonds is 5. The zero-order valence-corrected chi connectivity index (χ0v) is 10.3. The molecule has 18 heavy (non-hydrogen) atoms. The van der Waals surface area contributed by atoms with Crippen molar-refractivity contribution in [1.82, 2.24) is 5.32 Å². The predicted octanol–water partition coefficient (Wildman–Crippen LogP) is 2.46. The van der Waals surface area contributed by atoms with E-state index in [1.165, 1.54) is 6.07 Å². The van der Waals surface area contributed by atoms with E-state index in [0.717, 1.165) is 31.9 Å². The Labute approximate surface area is 106 Å². The van der Waals surface area contributed by atoms with E-state index >= 15 is 0 Å². The zero-order valence-electron chi connectivity index (χ0n) is 10.3. The lowest BCUT2D eigenvalue weighted by molar-refractivity contribution is 0.192. The average molecular weight is 255 g/mol. The first kappa shape index (κ1) is 13.4. The molecule has 1 aliphatic carbocycles. The second-order valence-corrected chi connectivity index (χ2v) is 4.98. The Morgan fingerprint density at radius 2 is 2.00 bits per heavy atom. The molecule has 0 amide bonds. The van der Waals surface area contributed by atoms with Crippen LogP contribution in [0, 0.1) is 23.5 Å². The number of aliphatic hydroxyl groups excluding tert-OH is 1. The SMILES string of the molecule is OCC1CCCC1CNCc1cccc(F)c1F. The molecular formula is C14H19F2NO. The van der Waals surface area contributed by atoms with Crippen LogP contribution in [0.1, 0.15) is 24.8 Å². The normalized spacial score (nSPS) is 23.5. The second-order valence-electron chi connectivity index (χ2n) is 4.98. The Kier molecular flexibility index (Phi) is 4.66. The van der Waals surface area contributed by atoms with E-state index in [0.29, 0.717) is 23.9 Å². The molecule has 0 heterocycles. The Balaban J connectivity index is 1.83. The molecule has 1 aromatic rings. The fourth-order valence-electron chi connectivity index (χ4n) is 2.70. The minimum Gasteiger partial charge on any atom is -0.396 e. The monoisotopic (exact) mass is 255 g/mol. The highest BCUT2D eigenvalue weighted by atomic mass is 19.2. The Morgan fingerprint density at radius 3 is 2.78 bits per heavy atom. The molecule has 0 saturated heterocycles. The van der Waals surface area contributed by atoms with Crippen molar-refractivity contribution >= 4 is 0 Å². The van der Waals surface area contributed by atoms with Crippen molar-refractivity contribution in [3.05, 3.63) is 35.4 Å². The summed E-state index contributed by atoms with van der Waals surface area (Å²) in [4.78, 5) is 0. The number of nitrogens with one attached hydrogen (secondary N) is 1. The molecule has 1 aromatic carbocycles. The molecule has 2 N–H and O–H groups in total. The summed E-state index contributed by atoms with van der Waals surface area (Å²) in [7, 11) is 0. The third kappa shape index (κ3) is 3.06. The quantitative estimate of drug-likeness (QED) is 0.847. The molecule has 4 heteroatoms. The molecule has 0 bridgehead atoms. The Bertz CT molecular complexity index is 397. The van der Waals surface area contributed by atoms with Crippen molar-refractivity contribution in [2.24, 2.45) is 11.8 Å². The number of hydrogen-bond acceptors (Lipinski definition) is 2. The lowest BCUT2D eigenvalue weighted by Gasteiger charge is -2.18. The van der Waals surface area contributed by atoms with Gasteiger partial charge >= 0.3 is 0 Å². The van der Waals surface area contributed by atoms with Crippen LogP contribution in [0.5, 0.6) is 0 Å². The molecule has 0 aromatic heterocycles. The topological polar surface area (TPSA) is 32.3 Å². The van der Waals surface area contributed by atoms with Crippen molar-refractivity contribution in [3.63, 3.8) is 0 Å². The van der Waals surface area contributed by atoms with Crippen LogP contribution in [-0.4, -0.2) is 18.3 Å². The third-order valence-electron chi connectivity index (χ3n) is 3.80. The van der Waals surface area contributed by atoms with Crippen LogP contribution in [0.25, 0.3) is 0 Å². The zero-order chi connectivity index (χ0) is 13.0. The lowest BCUT2D eigenvalue weighted by Crippen LogP contribution is -2.26. The molecule has 0 spiro atoms. The van der Waals surface area contributed by atoms with E-state index in [4.69, 9.17) is 0 Å². The smallest absolute Gasteiger partial charge is 0.163 e. The third-order valence-corrected chi connectivity index (χ3v) is 3.80. The van der Waals surface area contributed by atoms with E-state index in [-0.39, 0.29) is 6.61 Å². The second kappa shape index (κ2) is 6.25. The first-order valence-corrected chi connectivity index (χ1v) is 6.47. The van der Waals surface area contributed by atoms with Crippen molar-refractivity contribution in [3.8, 4) is 0 Å². The summed E-state index contributed by atoms with van der Waals surface area (Å²) in [6, 6.07) is 4.22. The summed E-state index contributed by atoms with van der Waals surface area (Å²) in [5, 5.41) is 12.4. The van der Waals surface area contributed by atoms with Gasteiger partial charge in [-0.1, -0.05) is 18.6 Å². The maximum Gasteiger partial charge on any atom is 0.163 e. The summed E-state index contributed by atoms with van der Waals surface area (Å²) < 4.78 is 26.4. The fraction of sp³-hybridized carbons (Fsp3) is 0.571. The highest BCUT2D eigenvalue weighted by Crippen LogP contribution is 2.30. The van der Waals surface area contributed by atoms with Crippen molar-refractivity contribution in [2.45, 2.75) is 25.8 Å². The summed E-state index contributed by atoms with van der Waals surface area (Å²) in [6.45, 7) is 1.31. The lowest BCUT2D eigenvalue weighted by atomic mass is 9.97. The molecule has 2 unspecified atom stereocenters. The van der Waals surface area contributed by atoms with E-state index in [1.54, 1.807) is 6.07 Å². The van der Waals surface area contributed by atoms with Gasteiger partial charge in [0.15, 0.2) is 11.6 Å². The van der Waals surface area contributed by atoms with Crippen LogP contribution in [0.4, 0.5) is 8.78 Å². The molecule has 2 rings (SSSR count). The van der Waals surface area contributed by atoms with Gasteiger partial charge in [-0.15, -0.1) is 0 Å². The first-order valence-electron chi connectivity index (χ1n) is 6.47. The molecule has 100 valence electrons. The fourth-order valence-corrected chi connectivity index (χ4v) is 2.70. The minimum atomic E-state index is -0.802. The van der Waals surface area contributed by atoms with Gasteiger partial charge in [0.2, 0.25) is 0 Å². The molecule has 2 nitrogen and oxygen atoms in total. The maximum absolute atomic E-state index is 13.4. The average Bonchev–Trinajstić information content (AvgIpc) is 2.82. The highest BCUT2D eigenvalue weighted by Gasteiger charge is 2.25. The number of benzene rings is 1. The van der Waals surface area contributed by atoms with E-state index in [2.05, 4.69) is 5.32 Å². The number of hydrogen-bond donors (Lipinski definition) is 2. The van der Waals surface area contributed by atoms with E-state index in [9.17, 15) is 13.9 Å². The summed E-state index contributed by atoms with van der Waals surface area (Å²) >= 11 is 0. The molecule has 0 aliphatic heterocycles. The van der Waals surface area contributed by atoms with Crippen LogP contribution < -0.4 is 5.32 Å². The molecule has 1 aliphatic rings. The largest absolute Gasteiger partial charge is 0.396 e. The minimum absolute atomic E-state index is 0.223. The summed E-state index contributed by atoms with van der Waals surface area (Å²) in [5.74, 6) is -0.764. The van der Waals surface area contributed by atoms with Crippen LogP contribution in [0.3, 0.4) is 0 Å². The Hall–Kier alpha value is -1.00. The Morgan fingerprint density at radius 1 is 1.22 bits per heavy atom. The van der Waals surface area contributed by atoms with E-state index < -0.39 is 11.6 Å². The van der Waals surface area contributed by atoms with Crippen molar-refractivity contribution in [1.29, 1.82) is 0 Å². The van der Waals surface area contributed by atoms with Crippen LogP contribution >= 0.6 is 0 Å². The van der Waals surface area contributed by atoms with E-state index in [1.807, 2.05) is 0 Å². The number of halogens is 2. The van der Waals surface area contributed by atoms with Crippen LogP contribution in [0.2, 0.25) is 0 Å². The van der Waals surface area contributed by atoms with Crippen molar-refractivity contribution < 1.29 is 13.9 Å². The standard InChI is InChI=1S/C14H19F2NO/c15-13-6-2-4-11(14(13)16)8-17-7-10-3-1-5-12(10)9-18/h2,4,6,10,12,17-18H,1,3,5,7-9H2. The van der Waals surface area contributed by atoms with Gasteiger partial charge in [-0.2, -0.15) is 0 Å². The molecule has 1 saturated carbocycles. The summed E-state index contributed by atoms with van der Waals surface area (Å²) in [5.41, 5.74) is 0.355. The number of aliphatic hydroxyl groups is 1. The van der Waals surface area contributed by atoms with Gasteiger partial charge in [-0.25, -0.2) is 8.78 Å². The van der Waals surface area contributed by atoms with Gasteiger partial charge in [0, 0.05) is 18.7 Å². The van der Waals surface area contributed by atoms with Gasteiger partial charge in [0.1, 0.15) is 0 Å². The summed E-state index contributed by atoms with van der Waals surface area (Å²) in [6.07, 6.45) is 3.31. The van der Waals surface area contributed by atoms with Crippen LogP contribution in [-0.2, 0) is 6.54 Å². The molecule has 0 radical (unpaired) electrons. The van der Waals surface area contributed by atoms with Gasteiger partial charge in [-0.05, 0) is 37.3 Å². The van der Waals surface area contributed by atoms with Gasteiger partial charge in [-0.3, -0.25) is 0 Å². The predicted molar refractivity (Wildman–Crippen MR) is 66.0 cm³/mol. The molecular weight excluding hydrogens is 236 g/mol. The van der Waals surface area contributed by atoms with Crippen LogP contribution in [0.15, 0.2) is 18.2 Å². The van der Waals surface area contributed by atoms with Gasteiger partial charge in [0.05, 0.1) is 0 Å². The van der Waals surface area contributed by atoms with Crippen molar-refractivity contribution in [2.75, 3.05) is 13.2 Å². The molecule has 1 fully saturated rings. The maximum atomic E-state index is 13.4. The van der Waals surface area contributed by atoms with Gasteiger partial charge in [0.25, 0.3) is 0 Å². The van der Waals surface area contributed by atoms with Gasteiger partial charge < -0.3 is 10.4 Å². The molecule has 2 atom stereocenters.